The molecule has 2 rings (SSSR count). The highest BCUT2D eigenvalue weighted by Crippen LogP contribution is 2.27. The predicted molar refractivity (Wildman–Crippen MR) is 71.1 cm³/mol. The highest BCUT2D eigenvalue weighted by atomic mass is 16.5. The minimum atomic E-state index is -0.652. The van der Waals surface area contributed by atoms with Crippen molar-refractivity contribution in [3.05, 3.63) is 42.0 Å². The fourth-order valence-electron chi connectivity index (χ4n) is 1.83. The number of rotatable bonds is 5. The van der Waals surface area contributed by atoms with Crippen LogP contribution in [0.4, 0.5) is 0 Å². The second-order valence-electron chi connectivity index (χ2n) is 4.11. The molecule has 0 aliphatic rings. The van der Waals surface area contributed by atoms with E-state index in [9.17, 15) is 9.90 Å². The highest BCUT2D eigenvalue weighted by molar-refractivity contribution is 6.00. The summed E-state index contributed by atoms with van der Waals surface area (Å²) < 4.78 is 12.7. The van der Waals surface area contributed by atoms with Gasteiger partial charge in [-0.2, -0.15) is 0 Å². The van der Waals surface area contributed by atoms with Gasteiger partial charge in [0, 0.05) is 18.7 Å². The molecule has 2 aromatic rings. The van der Waals surface area contributed by atoms with Crippen molar-refractivity contribution >= 4 is 17.1 Å². The predicted octanol–water partition coefficient (Wildman–Crippen LogP) is 2.80. The van der Waals surface area contributed by atoms with Crippen molar-refractivity contribution in [2.24, 2.45) is 0 Å². The molecular weight excluding hydrogens is 228 g/mol. The van der Waals surface area contributed by atoms with E-state index in [2.05, 4.69) is 0 Å². The lowest BCUT2D eigenvalue weighted by atomic mass is 10.0. The van der Waals surface area contributed by atoms with Crippen molar-refractivity contribution in [2.45, 2.75) is 19.4 Å². The summed E-state index contributed by atoms with van der Waals surface area (Å²) in [5.41, 5.74) is 0.633. The Balaban J connectivity index is 2.22. The van der Waals surface area contributed by atoms with E-state index in [1.54, 1.807) is 12.1 Å². The molecule has 1 atom stereocenters. The number of fused-ring (bicyclic) bond motifs is 1. The van der Waals surface area contributed by atoms with Crippen LogP contribution in [0.15, 0.2) is 36.4 Å². The lowest BCUT2D eigenvalue weighted by molar-refractivity contribution is 0.112. The van der Waals surface area contributed by atoms with Gasteiger partial charge in [-0.25, -0.2) is 0 Å². The van der Waals surface area contributed by atoms with Crippen LogP contribution >= 0.6 is 0 Å². The first-order valence-electron chi connectivity index (χ1n) is 6.54. The molecule has 94 valence electrons. The van der Waals surface area contributed by atoms with Gasteiger partial charge in [0.25, 0.3) is 0 Å². The molecule has 0 aliphatic heterocycles. The lowest BCUT2D eigenvalue weighted by Crippen LogP contribution is -2.07. The normalized spacial score (nSPS) is 13.1. The SMILES string of the molecule is [2H]C[C@@H](O)CCOc1ccc(C=O)c2ccccc12. The number of aldehydes is 1. The van der Waals surface area contributed by atoms with Crippen molar-refractivity contribution in [3.63, 3.8) is 0 Å². The summed E-state index contributed by atoms with van der Waals surface area (Å²) in [5.74, 6) is 0.693. The summed E-state index contributed by atoms with van der Waals surface area (Å²) in [7, 11) is 0. The van der Waals surface area contributed by atoms with Crippen LogP contribution in [0.1, 0.15) is 25.0 Å². The molecule has 3 heteroatoms. The molecule has 0 saturated carbocycles. The largest absolute Gasteiger partial charge is 0.493 e. The van der Waals surface area contributed by atoms with E-state index in [1.807, 2.05) is 24.3 Å². The Morgan fingerprint density at radius 3 is 2.83 bits per heavy atom. The number of hydrogen-bond donors (Lipinski definition) is 1. The van der Waals surface area contributed by atoms with Gasteiger partial charge in [-0.1, -0.05) is 24.3 Å². The Labute approximate surface area is 107 Å². The monoisotopic (exact) mass is 245 g/mol. The summed E-state index contributed by atoms with van der Waals surface area (Å²) in [6.07, 6.45) is 0.601. The average Bonchev–Trinajstić information content (AvgIpc) is 2.47. The molecule has 2 aromatic carbocycles. The first-order chi connectivity index (χ1) is 9.26. The molecule has 0 heterocycles. The molecule has 0 saturated heterocycles. The second kappa shape index (κ2) is 5.65. The minimum absolute atomic E-state index is 0.0197. The Hall–Kier alpha value is -1.87. The Bertz CT molecular complexity index is 568. The summed E-state index contributed by atoms with van der Waals surface area (Å²) >= 11 is 0. The molecule has 0 fully saturated rings. The van der Waals surface area contributed by atoms with E-state index in [4.69, 9.17) is 6.11 Å². The number of carbonyl (C=O) groups is 1. The molecule has 0 amide bonds. The number of carbonyl (C=O) groups excluding carboxylic acids is 1. The van der Waals surface area contributed by atoms with Gasteiger partial charge in [-0.05, 0) is 24.4 Å². The molecule has 0 aromatic heterocycles. The van der Waals surface area contributed by atoms with Crippen LogP contribution in [0.25, 0.3) is 10.8 Å². The van der Waals surface area contributed by atoms with E-state index in [1.165, 1.54) is 0 Å². The number of aliphatic hydroxyl groups is 1. The van der Waals surface area contributed by atoms with E-state index in [0.717, 1.165) is 17.1 Å². The maximum Gasteiger partial charge on any atom is 0.150 e. The minimum Gasteiger partial charge on any atom is -0.493 e. The van der Waals surface area contributed by atoms with Crippen LogP contribution in [-0.2, 0) is 0 Å². The van der Waals surface area contributed by atoms with Gasteiger partial charge in [0.15, 0.2) is 6.29 Å². The molecule has 18 heavy (non-hydrogen) atoms. The zero-order valence-corrected chi connectivity index (χ0v) is 10.0. The quantitative estimate of drug-likeness (QED) is 0.824. The van der Waals surface area contributed by atoms with Crippen LogP contribution < -0.4 is 4.74 Å². The smallest absolute Gasteiger partial charge is 0.150 e. The van der Waals surface area contributed by atoms with E-state index in [0.29, 0.717) is 24.3 Å². The van der Waals surface area contributed by atoms with Crippen LogP contribution in [0.3, 0.4) is 0 Å². The lowest BCUT2D eigenvalue weighted by Gasteiger charge is -2.11. The van der Waals surface area contributed by atoms with Crippen molar-refractivity contribution < 1.29 is 16.0 Å². The molecule has 0 unspecified atom stereocenters. The summed E-state index contributed by atoms with van der Waals surface area (Å²) in [5, 5.41) is 11.1. The molecular formula is C15H16O3. The topological polar surface area (TPSA) is 46.5 Å². The molecule has 0 bridgehead atoms. The van der Waals surface area contributed by atoms with Gasteiger partial charge in [-0.3, -0.25) is 4.79 Å². The van der Waals surface area contributed by atoms with E-state index in [-0.39, 0.29) is 6.90 Å². The fourth-order valence-corrected chi connectivity index (χ4v) is 1.83. The van der Waals surface area contributed by atoms with Crippen molar-refractivity contribution in [3.8, 4) is 5.75 Å². The Kier molecular flexibility index (Phi) is 3.52. The molecule has 0 radical (unpaired) electrons. The Morgan fingerprint density at radius 1 is 1.33 bits per heavy atom. The zero-order chi connectivity index (χ0) is 13.7. The molecule has 1 N–H and O–H groups in total. The van der Waals surface area contributed by atoms with Crippen LogP contribution in [0.5, 0.6) is 5.75 Å². The maximum atomic E-state index is 11.0. The van der Waals surface area contributed by atoms with Gasteiger partial charge in [0.05, 0.1) is 12.7 Å². The Morgan fingerprint density at radius 2 is 2.11 bits per heavy atom. The number of aliphatic hydroxyl groups excluding tert-OH is 1. The van der Waals surface area contributed by atoms with Crippen LogP contribution in [0, 0.1) is 0 Å². The summed E-state index contributed by atoms with van der Waals surface area (Å²) in [4.78, 5) is 11.0. The first-order valence-corrected chi connectivity index (χ1v) is 5.83. The van der Waals surface area contributed by atoms with E-state index >= 15 is 0 Å². The third-order valence-corrected chi connectivity index (χ3v) is 2.75. The van der Waals surface area contributed by atoms with Crippen molar-refractivity contribution in [1.29, 1.82) is 0 Å². The zero-order valence-electron chi connectivity index (χ0n) is 11.0. The van der Waals surface area contributed by atoms with Gasteiger partial charge in [0.1, 0.15) is 5.75 Å². The second-order valence-corrected chi connectivity index (χ2v) is 4.11. The summed E-state index contributed by atoms with van der Waals surface area (Å²) in [6, 6.07) is 11.0. The fraction of sp³-hybridized carbons (Fsp3) is 0.267. The molecule has 3 nitrogen and oxygen atoms in total. The van der Waals surface area contributed by atoms with Gasteiger partial charge in [0.2, 0.25) is 0 Å². The number of hydrogen-bond acceptors (Lipinski definition) is 3. The van der Waals surface area contributed by atoms with Gasteiger partial charge >= 0.3 is 0 Å². The van der Waals surface area contributed by atoms with E-state index < -0.39 is 6.10 Å². The van der Waals surface area contributed by atoms with Gasteiger partial charge in [-0.15, -0.1) is 0 Å². The average molecular weight is 245 g/mol. The number of benzene rings is 2. The van der Waals surface area contributed by atoms with Gasteiger partial charge < -0.3 is 9.84 Å². The maximum absolute atomic E-state index is 11.0. The standard InChI is InChI=1S/C15H16O3/c1-11(17)8-9-18-15-7-6-12(10-16)13-4-2-3-5-14(13)15/h2-7,10-11,17H,8-9H2,1H3/t11-/m1/s1/i1D. The third kappa shape index (κ3) is 2.68. The summed E-state index contributed by atoms with van der Waals surface area (Å²) in [6.45, 7) is 0.332. The van der Waals surface area contributed by atoms with Crippen molar-refractivity contribution in [1.82, 2.24) is 0 Å². The number of ether oxygens (including phenoxy) is 1. The molecule has 0 aliphatic carbocycles. The third-order valence-electron chi connectivity index (χ3n) is 2.75. The first kappa shape index (κ1) is 11.2. The van der Waals surface area contributed by atoms with Crippen LogP contribution in [0.2, 0.25) is 0 Å². The van der Waals surface area contributed by atoms with Crippen molar-refractivity contribution in [2.75, 3.05) is 6.61 Å². The highest BCUT2D eigenvalue weighted by Gasteiger charge is 2.06. The molecule has 0 spiro atoms. The van der Waals surface area contributed by atoms with Crippen LogP contribution in [-0.4, -0.2) is 24.1 Å².